The summed E-state index contributed by atoms with van der Waals surface area (Å²) in [5, 5.41) is 13.4. The van der Waals surface area contributed by atoms with Crippen LogP contribution in [-0.2, 0) is 16.1 Å². The number of nitrogens with one attached hydrogen (secondary N) is 3. The van der Waals surface area contributed by atoms with Crippen molar-refractivity contribution in [3.05, 3.63) is 107 Å². The lowest BCUT2D eigenvalue weighted by molar-refractivity contribution is -0.0987. The first-order valence-electron chi connectivity index (χ1n) is 11.1. The number of rotatable bonds is 7. The smallest absolute Gasteiger partial charge is 0.157 e. The highest BCUT2D eigenvalue weighted by molar-refractivity contribution is 6.30. The maximum Gasteiger partial charge on any atom is 0.157 e. The minimum absolute atomic E-state index is 0.135. The SMILES string of the molecule is C=CN1C=C(c2c(F)ccc(NCc3cc(Cl)cnc3NC)c2F)C=C/C1=C(/C)c1ccn[nH]1.C=O.C=O. The highest BCUT2D eigenvalue weighted by Crippen LogP contribution is 2.34. The predicted octanol–water partition coefficient (Wildman–Crippen LogP) is 5.81. The van der Waals surface area contributed by atoms with E-state index in [1.807, 2.05) is 26.6 Å². The van der Waals surface area contributed by atoms with Crippen LogP contribution in [0.5, 0.6) is 0 Å². The van der Waals surface area contributed by atoms with E-state index >= 15 is 4.39 Å². The van der Waals surface area contributed by atoms with E-state index in [-0.39, 0.29) is 17.8 Å². The summed E-state index contributed by atoms with van der Waals surface area (Å²) >= 11 is 6.05. The van der Waals surface area contributed by atoms with Crippen LogP contribution in [-0.4, -0.2) is 40.7 Å². The summed E-state index contributed by atoms with van der Waals surface area (Å²) in [5.74, 6) is -0.745. The molecule has 1 aromatic carbocycles. The molecule has 0 radical (unpaired) electrons. The molecule has 0 spiro atoms. The maximum atomic E-state index is 15.5. The van der Waals surface area contributed by atoms with Gasteiger partial charge in [-0.05, 0) is 42.8 Å². The number of aromatic amines is 1. The number of carbonyl (C=O) groups is 2. The fourth-order valence-electron chi connectivity index (χ4n) is 3.72. The molecule has 0 saturated carbocycles. The molecule has 0 saturated heterocycles. The van der Waals surface area contributed by atoms with Gasteiger partial charge < -0.3 is 25.1 Å². The van der Waals surface area contributed by atoms with Crippen LogP contribution in [0.1, 0.15) is 23.7 Å². The first-order valence-corrected chi connectivity index (χ1v) is 11.4. The first kappa shape index (κ1) is 29.7. The Hall–Kier alpha value is -4.57. The zero-order valence-corrected chi connectivity index (χ0v) is 21.6. The molecule has 0 bridgehead atoms. The topological polar surface area (TPSA) is 103 Å². The van der Waals surface area contributed by atoms with Gasteiger partial charge in [0.2, 0.25) is 0 Å². The molecule has 8 nitrogen and oxygen atoms in total. The molecule has 3 N–H and O–H groups in total. The molecule has 0 aliphatic carbocycles. The average Bonchev–Trinajstić information content (AvgIpc) is 3.50. The zero-order chi connectivity index (χ0) is 28.2. The third-order valence-electron chi connectivity index (χ3n) is 5.48. The van der Waals surface area contributed by atoms with Crippen LogP contribution in [0.15, 0.2) is 73.5 Å². The summed E-state index contributed by atoms with van der Waals surface area (Å²) in [6.07, 6.45) is 9.89. The molecule has 1 aliphatic heterocycles. The molecule has 38 heavy (non-hydrogen) atoms. The van der Waals surface area contributed by atoms with E-state index in [1.165, 1.54) is 18.3 Å². The van der Waals surface area contributed by atoms with Crippen molar-refractivity contribution in [2.24, 2.45) is 0 Å². The van der Waals surface area contributed by atoms with Crippen molar-refractivity contribution < 1.29 is 18.4 Å². The van der Waals surface area contributed by atoms with Gasteiger partial charge in [-0.3, -0.25) is 5.10 Å². The van der Waals surface area contributed by atoms with Crippen LogP contribution in [0.2, 0.25) is 5.02 Å². The van der Waals surface area contributed by atoms with E-state index < -0.39 is 11.6 Å². The second-order valence-electron chi connectivity index (χ2n) is 7.54. The second-order valence-corrected chi connectivity index (χ2v) is 7.97. The van der Waals surface area contributed by atoms with Gasteiger partial charge in [0.05, 0.1) is 22.0 Å². The number of H-pyrrole nitrogens is 1. The summed E-state index contributed by atoms with van der Waals surface area (Å²) < 4.78 is 30.3. The minimum Gasteiger partial charge on any atom is -0.378 e. The van der Waals surface area contributed by atoms with Crippen molar-refractivity contribution in [1.29, 1.82) is 0 Å². The molecule has 1 aliphatic rings. The summed E-state index contributed by atoms with van der Waals surface area (Å²) in [7, 11) is 1.74. The Bertz CT molecular complexity index is 1350. The van der Waals surface area contributed by atoms with E-state index in [2.05, 4.69) is 32.4 Å². The highest BCUT2D eigenvalue weighted by atomic mass is 35.5. The minimum atomic E-state index is -0.696. The summed E-state index contributed by atoms with van der Waals surface area (Å²) in [6, 6.07) is 6.20. The monoisotopic (exact) mass is 540 g/mol. The number of aromatic nitrogens is 3. The number of hydrogen-bond donors (Lipinski definition) is 3. The third kappa shape index (κ3) is 6.60. The van der Waals surface area contributed by atoms with Crippen LogP contribution in [0.4, 0.5) is 20.3 Å². The fraction of sp³-hybridized carbons (Fsp3) is 0.111. The fourth-order valence-corrected chi connectivity index (χ4v) is 3.90. The normalized spacial score (nSPS) is 13.3. The van der Waals surface area contributed by atoms with Gasteiger partial charge in [0, 0.05) is 55.2 Å². The van der Waals surface area contributed by atoms with Crippen LogP contribution in [0, 0.1) is 11.6 Å². The van der Waals surface area contributed by atoms with Gasteiger partial charge in [0.1, 0.15) is 25.2 Å². The van der Waals surface area contributed by atoms with Gasteiger partial charge in [-0.2, -0.15) is 5.10 Å². The molecule has 198 valence electrons. The molecule has 11 heteroatoms. The van der Waals surface area contributed by atoms with Crippen LogP contribution >= 0.6 is 11.6 Å². The van der Waals surface area contributed by atoms with Crippen molar-refractivity contribution in [1.82, 2.24) is 20.1 Å². The Morgan fingerprint density at radius 3 is 2.55 bits per heavy atom. The maximum absolute atomic E-state index is 15.5. The van der Waals surface area contributed by atoms with Gasteiger partial charge in [-0.25, -0.2) is 13.8 Å². The Balaban J connectivity index is 0.00000121. The average molecular weight is 541 g/mol. The lowest BCUT2D eigenvalue weighted by atomic mass is 9.99. The number of allylic oxidation sites excluding steroid dienone is 4. The van der Waals surface area contributed by atoms with Crippen LogP contribution < -0.4 is 10.6 Å². The quantitative estimate of drug-likeness (QED) is 0.347. The first-order chi connectivity index (χ1) is 18.4. The van der Waals surface area contributed by atoms with Gasteiger partial charge in [-0.15, -0.1) is 0 Å². The largest absolute Gasteiger partial charge is 0.378 e. The van der Waals surface area contributed by atoms with Crippen molar-refractivity contribution in [2.75, 3.05) is 17.7 Å². The Labute approximate surface area is 224 Å². The van der Waals surface area contributed by atoms with Crippen molar-refractivity contribution >= 4 is 47.8 Å². The van der Waals surface area contributed by atoms with Crippen molar-refractivity contribution in [3.63, 3.8) is 0 Å². The molecular weight excluding hydrogens is 514 g/mol. The molecule has 4 rings (SSSR count). The van der Waals surface area contributed by atoms with Crippen LogP contribution in [0.25, 0.3) is 11.1 Å². The molecule has 0 atom stereocenters. The van der Waals surface area contributed by atoms with E-state index in [1.54, 1.807) is 48.8 Å². The number of anilines is 2. The molecule has 3 aromatic rings. The van der Waals surface area contributed by atoms with Gasteiger partial charge in [-0.1, -0.05) is 24.3 Å². The van der Waals surface area contributed by atoms with Crippen molar-refractivity contribution in [2.45, 2.75) is 13.5 Å². The lowest BCUT2D eigenvalue weighted by Crippen LogP contribution is -2.14. The number of hydrogen-bond acceptors (Lipinski definition) is 7. The molecule has 0 unspecified atom stereocenters. The Morgan fingerprint density at radius 1 is 1.18 bits per heavy atom. The van der Waals surface area contributed by atoms with E-state index in [4.69, 9.17) is 21.2 Å². The third-order valence-corrected chi connectivity index (χ3v) is 5.69. The summed E-state index contributed by atoms with van der Waals surface area (Å²) in [6.45, 7) is 10.0. The number of halogens is 3. The number of nitrogens with zero attached hydrogens (tertiary/aromatic N) is 3. The van der Waals surface area contributed by atoms with Gasteiger partial charge >= 0.3 is 0 Å². The molecular formula is C27H27ClF2N6O2. The van der Waals surface area contributed by atoms with E-state index in [9.17, 15) is 4.39 Å². The summed E-state index contributed by atoms with van der Waals surface area (Å²) in [4.78, 5) is 21.9. The molecule has 3 heterocycles. The standard InChI is InChI=1S/C25H23ClF2N6.2CH2O/c1-4-34-14-16(5-8-22(34)15(2)20-9-10-32-33-20)23-19(27)6-7-21(24(23)28)30-12-17-11-18(26)13-31-25(17)29-3;2*1-2/h4-11,13-14,30H,1,12H2,2-3H3,(H,29,31)(H,32,33);2*1H2/b22-15+;;. The Morgan fingerprint density at radius 2 is 1.92 bits per heavy atom. The molecule has 0 fully saturated rings. The van der Waals surface area contributed by atoms with Crippen molar-refractivity contribution in [3.8, 4) is 0 Å². The number of benzene rings is 1. The lowest BCUT2D eigenvalue weighted by Gasteiger charge is -2.25. The molecule has 2 aromatic heterocycles. The van der Waals surface area contributed by atoms with Crippen LogP contribution in [0.3, 0.4) is 0 Å². The zero-order valence-electron chi connectivity index (χ0n) is 20.9. The van der Waals surface area contributed by atoms with E-state index in [0.29, 0.717) is 16.4 Å². The highest BCUT2D eigenvalue weighted by Gasteiger charge is 2.21. The molecule has 0 amide bonds. The second kappa shape index (κ2) is 14.2. The Kier molecular flexibility index (Phi) is 11.1. The van der Waals surface area contributed by atoms with Gasteiger partial charge in [0.25, 0.3) is 0 Å². The number of carbonyl (C=O) groups excluding carboxylic acids is 2. The predicted molar refractivity (Wildman–Crippen MR) is 147 cm³/mol. The van der Waals surface area contributed by atoms with Gasteiger partial charge in [0.15, 0.2) is 5.82 Å². The van der Waals surface area contributed by atoms with E-state index in [0.717, 1.165) is 22.5 Å². The number of pyridine rings is 1. The summed E-state index contributed by atoms with van der Waals surface area (Å²) in [5.41, 5.74) is 3.71.